The van der Waals surface area contributed by atoms with Gasteiger partial charge in [0.2, 0.25) is 0 Å². The quantitative estimate of drug-likeness (QED) is 0.845. The lowest BCUT2D eigenvalue weighted by Crippen LogP contribution is -2.34. The smallest absolute Gasteiger partial charge is 0.416 e. The van der Waals surface area contributed by atoms with Gasteiger partial charge in [-0.05, 0) is 40.8 Å². The van der Waals surface area contributed by atoms with Crippen LogP contribution in [0.15, 0.2) is 42.5 Å². The molecule has 0 saturated heterocycles. The first-order valence-electron chi connectivity index (χ1n) is 7.12. The number of fused-ring (bicyclic) bond motifs is 1. The van der Waals surface area contributed by atoms with Gasteiger partial charge in [-0.25, -0.2) is 4.79 Å². The molecule has 0 bridgehead atoms. The van der Waals surface area contributed by atoms with Crippen molar-refractivity contribution < 1.29 is 23.1 Å². The lowest BCUT2D eigenvalue weighted by atomic mass is 9.90. The number of benzene rings is 2. The summed E-state index contributed by atoms with van der Waals surface area (Å²) >= 11 is 0. The fraction of sp³-hybridized carbons (Fsp3) is 0.235. The number of nitrogens with zero attached hydrogens (tertiary/aromatic N) is 1. The minimum atomic E-state index is -4.38. The van der Waals surface area contributed by atoms with Crippen LogP contribution < -0.4 is 0 Å². The Bertz CT molecular complexity index is 756. The number of halogens is 3. The molecule has 1 aliphatic rings. The summed E-state index contributed by atoms with van der Waals surface area (Å²) in [5, 5.41) is 9.08. The fourth-order valence-corrected chi connectivity index (χ4v) is 2.91. The van der Waals surface area contributed by atoms with Gasteiger partial charge in [0.25, 0.3) is 0 Å². The Hall–Kier alpha value is -2.50. The summed E-state index contributed by atoms with van der Waals surface area (Å²) in [6.07, 6.45) is -4.88. The number of rotatable bonds is 1. The third-order valence-corrected chi connectivity index (χ3v) is 4.04. The first-order valence-corrected chi connectivity index (χ1v) is 7.12. The highest BCUT2D eigenvalue weighted by molar-refractivity contribution is 5.71. The highest BCUT2D eigenvalue weighted by Gasteiger charge is 2.31. The van der Waals surface area contributed by atoms with Crippen molar-refractivity contribution in [2.45, 2.75) is 19.1 Å². The van der Waals surface area contributed by atoms with Gasteiger partial charge in [-0.15, -0.1) is 0 Å². The molecule has 0 aliphatic carbocycles. The zero-order valence-corrected chi connectivity index (χ0v) is 12.1. The highest BCUT2D eigenvalue weighted by atomic mass is 19.4. The number of hydrogen-bond acceptors (Lipinski definition) is 1. The van der Waals surface area contributed by atoms with E-state index in [9.17, 15) is 18.0 Å². The number of hydrogen-bond donors (Lipinski definition) is 1. The fourth-order valence-electron chi connectivity index (χ4n) is 2.91. The van der Waals surface area contributed by atoms with Crippen LogP contribution in [0.4, 0.5) is 18.0 Å². The van der Waals surface area contributed by atoms with E-state index in [1.54, 1.807) is 18.2 Å². The predicted octanol–water partition coefficient (Wildman–Crippen LogP) is 4.41. The summed E-state index contributed by atoms with van der Waals surface area (Å²) in [4.78, 5) is 12.4. The highest BCUT2D eigenvalue weighted by Crippen LogP contribution is 2.35. The van der Waals surface area contributed by atoms with Gasteiger partial charge in [-0.1, -0.05) is 30.3 Å². The molecule has 120 valence electrons. The van der Waals surface area contributed by atoms with Crippen LogP contribution in [0.25, 0.3) is 11.1 Å². The topological polar surface area (TPSA) is 40.5 Å². The summed E-state index contributed by atoms with van der Waals surface area (Å²) < 4.78 is 38.7. The largest absolute Gasteiger partial charge is 0.465 e. The third kappa shape index (κ3) is 3.02. The Morgan fingerprint density at radius 3 is 2.57 bits per heavy atom. The predicted molar refractivity (Wildman–Crippen MR) is 79.0 cm³/mol. The van der Waals surface area contributed by atoms with E-state index >= 15 is 0 Å². The van der Waals surface area contributed by atoms with E-state index in [1.165, 1.54) is 11.0 Å². The Morgan fingerprint density at radius 2 is 1.87 bits per heavy atom. The van der Waals surface area contributed by atoms with Gasteiger partial charge in [0.05, 0.1) is 5.56 Å². The monoisotopic (exact) mass is 321 g/mol. The maximum absolute atomic E-state index is 12.9. The molecule has 3 rings (SSSR count). The van der Waals surface area contributed by atoms with Crippen molar-refractivity contribution in [2.75, 3.05) is 6.54 Å². The summed E-state index contributed by atoms with van der Waals surface area (Å²) in [5.41, 5.74) is 2.31. The molecule has 0 saturated carbocycles. The first kappa shape index (κ1) is 15.4. The average molecular weight is 321 g/mol. The third-order valence-electron chi connectivity index (χ3n) is 4.04. The van der Waals surface area contributed by atoms with Crippen molar-refractivity contribution >= 4 is 6.09 Å². The lowest BCUT2D eigenvalue weighted by Gasteiger charge is -2.28. The van der Waals surface area contributed by atoms with Gasteiger partial charge >= 0.3 is 12.3 Å². The first-order chi connectivity index (χ1) is 10.9. The van der Waals surface area contributed by atoms with E-state index in [0.717, 1.165) is 28.8 Å². The molecule has 1 aliphatic heterocycles. The molecule has 3 nitrogen and oxygen atoms in total. The molecule has 0 aromatic heterocycles. The van der Waals surface area contributed by atoms with Crippen molar-refractivity contribution in [3.63, 3.8) is 0 Å². The van der Waals surface area contributed by atoms with Crippen molar-refractivity contribution in [3.05, 3.63) is 59.2 Å². The van der Waals surface area contributed by atoms with E-state index < -0.39 is 17.8 Å². The molecule has 6 heteroatoms. The van der Waals surface area contributed by atoms with Gasteiger partial charge in [-0.2, -0.15) is 13.2 Å². The zero-order chi connectivity index (χ0) is 16.6. The molecule has 0 spiro atoms. The molecule has 0 fully saturated rings. The second kappa shape index (κ2) is 5.61. The van der Waals surface area contributed by atoms with E-state index in [4.69, 9.17) is 5.11 Å². The van der Waals surface area contributed by atoms with E-state index in [0.29, 0.717) is 18.5 Å². The molecule has 1 heterocycles. The normalized spacial score (nSPS) is 14.5. The van der Waals surface area contributed by atoms with Crippen LogP contribution in [0.2, 0.25) is 0 Å². The Kier molecular flexibility index (Phi) is 3.75. The van der Waals surface area contributed by atoms with Crippen LogP contribution in [-0.4, -0.2) is 22.6 Å². The molecule has 2 aromatic rings. The Balaban J connectivity index is 2.03. The average Bonchev–Trinajstić information content (AvgIpc) is 2.53. The molecular weight excluding hydrogens is 307 g/mol. The maximum Gasteiger partial charge on any atom is 0.416 e. The van der Waals surface area contributed by atoms with Gasteiger partial charge in [-0.3, -0.25) is 0 Å². The van der Waals surface area contributed by atoms with Crippen molar-refractivity contribution in [2.24, 2.45) is 0 Å². The van der Waals surface area contributed by atoms with Gasteiger partial charge < -0.3 is 10.0 Å². The Morgan fingerprint density at radius 1 is 1.13 bits per heavy atom. The molecule has 2 aromatic carbocycles. The second-order valence-electron chi connectivity index (χ2n) is 5.48. The van der Waals surface area contributed by atoms with Crippen LogP contribution in [0, 0.1) is 0 Å². The van der Waals surface area contributed by atoms with Crippen LogP contribution in [0.5, 0.6) is 0 Å². The van der Waals surface area contributed by atoms with E-state index in [-0.39, 0.29) is 6.54 Å². The molecule has 23 heavy (non-hydrogen) atoms. The molecule has 0 atom stereocenters. The number of carboxylic acid groups (broad SMARTS) is 1. The van der Waals surface area contributed by atoms with Crippen LogP contribution in [0.1, 0.15) is 16.7 Å². The Labute approximate surface area is 131 Å². The number of amides is 1. The standard InChI is InChI=1S/C17H14F3NO2/c18-17(19,20)13-5-1-3-11(9-13)14-6-2-4-12-10-21(16(22)23)8-7-15(12)14/h1-6,9H,7-8,10H2,(H,22,23). The van der Waals surface area contributed by atoms with Gasteiger partial charge in [0.1, 0.15) is 0 Å². The van der Waals surface area contributed by atoms with Crippen LogP contribution >= 0.6 is 0 Å². The SMILES string of the molecule is O=C(O)N1CCc2c(cccc2-c2cccc(C(F)(F)F)c2)C1. The van der Waals surface area contributed by atoms with Crippen LogP contribution in [-0.2, 0) is 19.1 Å². The molecule has 0 radical (unpaired) electrons. The minimum Gasteiger partial charge on any atom is -0.465 e. The molecular formula is C17H14F3NO2. The molecule has 1 amide bonds. The number of alkyl halides is 3. The van der Waals surface area contributed by atoms with Gasteiger partial charge in [0.15, 0.2) is 0 Å². The van der Waals surface area contributed by atoms with Crippen molar-refractivity contribution in [1.82, 2.24) is 4.90 Å². The lowest BCUT2D eigenvalue weighted by molar-refractivity contribution is -0.137. The summed E-state index contributed by atoms with van der Waals surface area (Å²) in [7, 11) is 0. The summed E-state index contributed by atoms with van der Waals surface area (Å²) in [5.74, 6) is 0. The maximum atomic E-state index is 12.9. The van der Waals surface area contributed by atoms with Gasteiger partial charge in [0, 0.05) is 13.1 Å². The molecule has 0 unspecified atom stereocenters. The minimum absolute atomic E-state index is 0.261. The second-order valence-corrected chi connectivity index (χ2v) is 5.48. The number of carbonyl (C=O) groups is 1. The van der Waals surface area contributed by atoms with Crippen molar-refractivity contribution in [1.29, 1.82) is 0 Å². The van der Waals surface area contributed by atoms with E-state index in [1.807, 2.05) is 6.07 Å². The zero-order valence-electron chi connectivity index (χ0n) is 12.1. The van der Waals surface area contributed by atoms with Crippen molar-refractivity contribution in [3.8, 4) is 11.1 Å². The summed E-state index contributed by atoms with van der Waals surface area (Å²) in [6.45, 7) is 0.607. The summed E-state index contributed by atoms with van der Waals surface area (Å²) in [6, 6.07) is 10.6. The molecule has 1 N–H and O–H groups in total. The van der Waals surface area contributed by atoms with Crippen LogP contribution in [0.3, 0.4) is 0 Å². The van der Waals surface area contributed by atoms with E-state index in [2.05, 4.69) is 0 Å².